The molecule has 106 valence electrons. The zero-order valence-corrected chi connectivity index (χ0v) is 11.8. The van der Waals surface area contributed by atoms with Gasteiger partial charge in [-0.3, -0.25) is 14.3 Å². The van der Waals surface area contributed by atoms with Crippen molar-refractivity contribution in [3.63, 3.8) is 0 Å². The molecule has 0 fully saturated rings. The van der Waals surface area contributed by atoms with Crippen molar-refractivity contribution in [2.75, 3.05) is 0 Å². The van der Waals surface area contributed by atoms with Crippen LogP contribution in [-0.2, 0) is 6.54 Å². The van der Waals surface area contributed by atoms with E-state index in [9.17, 15) is 14.7 Å². The normalized spacial score (nSPS) is 11.6. The van der Waals surface area contributed by atoms with Crippen molar-refractivity contribution in [3.8, 4) is 5.69 Å². The van der Waals surface area contributed by atoms with Gasteiger partial charge in [-0.25, -0.2) is 4.68 Å². The van der Waals surface area contributed by atoms with Crippen LogP contribution >= 0.6 is 0 Å². The Bertz CT molecular complexity index is 676. The van der Waals surface area contributed by atoms with E-state index in [4.69, 9.17) is 0 Å². The van der Waals surface area contributed by atoms with Gasteiger partial charge in [-0.2, -0.15) is 0 Å². The lowest BCUT2D eigenvalue weighted by Crippen LogP contribution is -2.32. The Morgan fingerprint density at radius 1 is 1.25 bits per heavy atom. The summed E-state index contributed by atoms with van der Waals surface area (Å²) in [6.07, 6.45) is 0.567. The van der Waals surface area contributed by atoms with Gasteiger partial charge in [-0.05, 0) is 32.9 Å². The van der Waals surface area contributed by atoms with Crippen LogP contribution in [0.15, 0.2) is 35.1 Å². The van der Waals surface area contributed by atoms with E-state index in [1.54, 1.807) is 37.6 Å². The smallest absolute Gasteiger partial charge is 0.282 e. The Labute approximate surface area is 117 Å². The first-order valence-corrected chi connectivity index (χ1v) is 6.40. The van der Waals surface area contributed by atoms with Crippen LogP contribution in [0.4, 0.5) is 0 Å². The number of aromatic nitrogens is 2. The summed E-state index contributed by atoms with van der Waals surface area (Å²) >= 11 is 0. The molecule has 0 amide bonds. The number of hydrogen-bond donors (Lipinski definition) is 1. The first kappa shape index (κ1) is 14.3. The average Bonchev–Trinajstić information content (AvgIpc) is 2.60. The van der Waals surface area contributed by atoms with Crippen molar-refractivity contribution in [2.24, 2.45) is 0 Å². The maximum atomic E-state index is 12.4. The number of aliphatic hydroxyl groups is 1. The molecule has 0 saturated heterocycles. The van der Waals surface area contributed by atoms with Crippen molar-refractivity contribution >= 4 is 6.29 Å². The summed E-state index contributed by atoms with van der Waals surface area (Å²) in [5.74, 6) is 0. The Balaban J connectivity index is 2.72. The molecule has 2 aromatic rings. The van der Waals surface area contributed by atoms with E-state index in [1.165, 1.54) is 4.68 Å². The molecule has 0 saturated carbocycles. The highest BCUT2D eigenvalue weighted by atomic mass is 16.3. The quantitative estimate of drug-likeness (QED) is 0.860. The summed E-state index contributed by atoms with van der Waals surface area (Å²) in [6, 6.07) is 9.07. The van der Waals surface area contributed by atoms with Gasteiger partial charge in [0.2, 0.25) is 0 Å². The van der Waals surface area contributed by atoms with Crippen LogP contribution in [0.5, 0.6) is 0 Å². The van der Waals surface area contributed by atoms with Crippen molar-refractivity contribution < 1.29 is 9.90 Å². The fourth-order valence-electron chi connectivity index (χ4n) is 2.18. The zero-order valence-electron chi connectivity index (χ0n) is 11.8. The minimum Gasteiger partial charge on any atom is -0.389 e. The molecule has 2 rings (SSSR count). The third-order valence-corrected chi connectivity index (χ3v) is 3.10. The lowest BCUT2D eigenvalue weighted by Gasteiger charge is -2.22. The number of para-hydroxylation sites is 1. The number of benzene rings is 1. The second-order valence-corrected chi connectivity index (χ2v) is 5.44. The number of carbonyl (C=O) groups excluding carboxylic acids is 1. The Morgan fingerprint density at radius 2 is 1.85 bits per heavy atom. The molecule has 0 spiro atoms. The summed E-state index contributed by atoms with van der Waals surface area (Å²) in [7, 11) is 0. The van der Waals surface area contributed by atoms with Gasteiger partial charge in [-0.15, -0.1) is 0 Å². The van der Waals surface area contributed by atoms with E-state index in [-0.39, 0.29) is 17.7 Å². The molecule has 0 unspecified atom stereocenters. The predicted molar refractivity (Wildman–Crippen MR) is 76.5 cm³/mol. The molecule has 5 heteroatoms. The molecular formula is C15H18N2O3. The largest absolute Gasteiger partial charge is 0.389 e. The molecule has 0 radical (unpaired) electrons. The van der Waals surface area contributed by atoms with Gasteiger partial charge in [0.15, 0.2) is 6.29 Å². The Hall–Kier alpha value is -2.14. The van der Waals surface area contributed by atoms with E-state index in [1.807, 2.05) is 18.2 Å². The van der Waals surface area contributed by atoms with E-state index in [0.717, 1.165) is 0 Å². The fourth-order valence-corrected chi connectivity index (χ4v) is 2.18. The third kappa shape index (κ3) is 2.58. The maximum absolute atomic E-state index is 12.4. The number of carbonyl (C=O) groups is 1. The van der Waals surface area contributed by atoms with Crippen molar-refractivity contribution in [3.05, 3.63) is 51.9 Å². The summed E-state index contributed by atoms with van der Waals surface area (Å²) in [5, 5.41) is 10.0. The first-order valence-electron chi connectivity index (χ1n) is 6.40. The van der Waals surface area contributed by atoms with Crippen molar-refractivity contribution in [1.29, 1.82) is 0 Å². The van der Waals surface area contributed by atoms with Crippen LogP contribution in [0.1, 0.15) is 29.9 Å². The fraction of sp³-hybridized carbons (Fsp3) is 0.333. The summed E-state index contributed by atoms with van der Waals surface area (Å²) < 4.78 is 3.07. The zero-order chi connectivity index (χ0) is 14.9. The minimum atomic E-state index is -0.993. The van der Waals surface area contributed by atoms with Crippen LogP contribution in [0.3, 0.4) is 0 Å². The SMILES string of the molecule is Cc1c(C=O)c(=O)n(-c2ccccc2)n1CC(C)(C)O. The van der Waals surface area contributed by atoms with Crippen molar-refractivity contribution in [2.45, 2.75) is 32.9 Å². The molecule has 0 aliphatic heterocycles. The molecule has 1 N–H and O–H groups in total. The Morgan fingerprint density at radius 3 is 2.35 bits per heavy atom. The molecule has 0 aliphatic carbocycles. The first-order chi connectivity index (χ1) is 9.35. The second-order valence-electron chi connectivity index (χ2n) is 5.44. The summed E-state index contributed by atoms with van der Waals surface area (Å²) in [4.78, 5) is 23.5. The molecule has 5 nitrogen and oxygen atoms in total. The van der Waals surface area contributed by atoms with Crippen LogP contribution < -0.4 is 5.56 Å². The summed E-state index contributed by atoms with van der Waals surface area (Å²) in [6.45, 7) is 5.24. The molecule has 1 aromatic carbocycles. The van der Waals surface area contributed by atoms with E-state index < -0.39 is 5.60 Å². The standard InChI is InChI=1S/C15H18N2O3/c1-11-13(9-18)14(19)17(12-7-5-4-6-8-12)16(11)10-15(2,3)20/h4-9,20H,10H2,1-3H3. The van der Waals surface area contributed by atoms with Gasteiger partial charge in [0.05, 0.1) is 17.8 Å². The summed E-state index contributed by atoms with van der Waals surface area (Å²) in [5.41, 5.74) is -0.0209. The highest BCUT2D eigenvalue weighted by molar-refractivity contribution is 5.76. The lowest BCUT2D eigenvalue weighted by atomic mass is 10.1. The van der Waals surface area contributed by atoms with Crippen LogP contribution in [-0.4, -0.2) is 26.4 Å². The second kappa shape index (κ2) is 5.09. The molecule has 0 atom stereocenters. The van der Waals surface area contributed by atoms with Crippen LogP contribution in [0.2, 0.25) is 0 Å². The van der Waals surface area contributed by atoms with Gasteiger partial charge >= 0.3 is 0 Å². The molecule has 0 bridgehead atoms. The van der Waals surface area contributed by atoms with Gasteiger partial charge in [0.25, 0.3) is 5.56 Å². The molecule has 1 aromatic heterocycles. The van der Waals surface area contributed by atoms with E-state index in [2.05, 4.69) is 0 Å². The lowest BCUT2D eigenvalue weighted by molar-refractivity contribution is 0.0546. The van der Waals surface area contributed by atoms with E-state index >= 15 is 0 Å². The average molecular weight is 274 g/mol. The number of nitrogens with zero attached hydrogens (tertiary/aromatic N) is 2. The van der Waals surface area contributed by atoms with Crippen LogP contribution in [0.25, 0.3) is 5.69 Å². The van der Waals surface area contributed by atoms with E-state index in [0.29, 0.717) is 17.7 Å². The topological polar surface area (TPSA) is 64.2 Å². The number of aldehydes is 1. The van der Waals surface area contributed by atoms with Gasteiger partial charge in [0.1, 0.15) is 5.56 Å². The monoisotopic (exact) mass is 274 g/mol. The molecular weight excluding hydrogens is 256 g/mol. The Kier molecular flexibility index (Phi) is 3.63. The molecule has 1 heterocycles. The molecule has 20 heavy (non-hydrogen) atoms. The van der Waals surface area contributed by atoms with Gasteiger partial charge in [-0.1, -0.05) is 18.2 Å². The maximum Gasteiger partial charge on any atom is 0.282 e. The number of rotatable bonds is 4. The minimum absolute atomic E-state index is 0.123. The number of hydrogen-bond acceptors (Lipinski definition) is 3. The van der Waals surface area contributed by atoms with Crippen molar-refractivity contribution in [1.82, 2.24) is 9.36 Å². The highest BCUT2D eigenvalue weighted by Crippen LogP contribution is 2.14. The van der Waals surface area contributed by atoms with Gasteiger partial charge in [0, 0.05) is 5.69 Å². The highest BCUT2D eigenvalue weighted by Gasteiger charge is 2.22. The van der Waals surface area contributed by atoms with Gasteiger partial charge < -0.3 is 5.11 Å². The third-order valence-electron chi connectivity index (χ3n) is 3.10. The predicted octanol–water partition coefficient (Wildman–Crippen LogP) is 1.53. The molecule has 0 aliphatic rings. The van der Waals surface area contributed by atoms with Crippen LogP contribution in [0, 0.1) is 6.92 Å².